The number of morpholine rings is 1. The number of nitrogens with one attached hydrogen (secondary N) is 1. The number of nitriles is 1. The van der Waals surface area contributed by atoms with E-state index in [0.29, 0.717) is 24.2 Å². The van der Waals surface area contributed by atoms with E-state index < -0.39 is 6.10 Å². The first kappa shape index (κ1) is 20.1. The van der Waals surface area contributed by atoms with Gasteiger partial charge in [-0.25, -0.2) is 0 Å². The van der Waals surface area contributed by atoms with Crippen molar-refractivity contribution in [1.82, 2.24) is 10.3 Å². The number of nitrogens with zero attached hydrogens (tertiary/aromatic N) is 3. The molecule has 1 amide bonds. The molecule has 7 nitrogen and oxygen atoms in total. The van der Waals surface area contributed by atoms with Gasteiger partial charge in [0, 0.05) is 23.8 Å². The van der Waals surface area contributed by atoms with E-state index in [2.05, 4.69) is 21.3 Å². The number of carbonyl (C=O) groups is 1. The summed E-state index contributed by atoms with van der Waals surface area (Å²) in [6.45, 7) is 4.90. The number of pyridine rings is 1. The summed E-state index contributed by atoms with van der Waals surface area (Å²) in [5, 5.41) is 22.6. The lowest BCUT2D eigenvalue weighted by Gasteiger charge is -2.38. The second-order valence-electron chi connectivity index (χ2n) is 7.16. The van der Waals surface area contributed by atoms with Gasteiger partial charge in [-0.1, -0.05) is 13.3 Å². The van der Waals surface area contributed by atoms with E-state index >= 15 is 0 Å². The minimum Gasteiger partial charge on any atom is -0.394 e. The van der Waals surface area contributed by atoms with E-state index in [1.165, 1.54) is 0 Å². The molecule has 0 spiro atoms. The Labute approximate surface area is 164 Å². The van der Waals surface area contributed by atoms with E-state index in [-0.39, 0.29) is 24.7 Å². The fourth-order valence-corrected chi connectivity index (χ4v) is 3.67. The molecule has 148 valence electrons. The largest absolute Gasteiger partial charge is 0.394 e. The Bertz CT molecular complexity index is 880. The first-order valence-electron chi connectivity index (χ1n) is 9.66. The van der Waals surface area contributed by atoms with Gasteiger partial charge in [0.1, 0.15) is 6.07 Å². The number of carbonyl (C=O) groups excluding carboxylic acids is 1. The highest BCUT2D eigenvalue weighted by Gasteiger charge is 2.32. The Morgan fingerprint density at radius 2 is 2.29 bits per heavy atom. The number of ether oxygens (including phenoxy) is 1. The van der Waals surface area contributed by atoms with Crippen molar-refractivity contribution in [2.24, 2.45) is 0 Å². The van der Waals surface area contributed by atoms with Gasteiger partial charge < -0.3 is 20.1 Å². The van der Waals surface area contributed by atoms with Crippen LogP contribution in [0.1, 0.15) is 32.3 Å². The topological polar surface area (TPSA) is 98.5 Å². The van der Waals surface area contributed by atoms with Crippen molar-refractivity contribution < 1.29 is 14.6 Å². The minimum absolute atomic E-state index is 0.0858. The van der Waals surface area contributed by atoms with E-state index in [0.717, 1.165) is 23.9 Å². The van der Waals surface area contributed by atoms with Crippen LogP contribution in [0.3, 0.4) is 0 Å². The number of rotatable bonds is 6. The first-order valence-corrected chi connectivity index (χ1v) is 9.66. The number of amides is 1. The van der Waals surface area contributed by atoms with E-state index in [1.807, 2.05) is 32.0 Å². The second-order valence-corrected chi connectivity index (χ2v) is 7.16. The van der Waals surface area contributed by atoms with Gasteiger partial charge in [-0.2, -0.15) is 5.26 Å². The van der Waals surface area contributed by atoms with Gasteiger partial charge in [-0.3, -0.25) is 9.78 Å². The number of aromatic nitrogens is 1. The smallest absolute Gasteiger partial charge is 0.251 e. The molecule has 0 bridgehead atoms. The van der Waals surface area contributed by atoms with Crippen LogP contribution >= 0.6 is 0 Å². The third kappa shape index (κ3) is 4.24. The van der Waals surface area contributed by atoms with Crippen LogP contribution in [0.2, 0.25) is 0 Å². The van der Waals surface area contributed by atoms with Crippen LogP contribution in [-0.2, 0) is 9.53 Å². The maximum atomic E-state index is 12.7. The van der Waals surface area contributed by atoms with Gasteiger partial charge in [-0.05, 0) is 37.6 Å². The van der Waals surface area contributed by atoms with E-state index in [1.54, 1.807) is 12.3 Å². The van der Waals surface area contributed by atoms with Crippen LogP contribution in [0.4, 0.5) is 5.69 Å². The zero-order valence-corrected chi connectivity index (χ0v) is 16.3. The molecule has 28 heavy (non-hydrogen) atoms. The average Bonchev–Trinajstić information content (AvgIpc) is 2.72. The van der Waals surface area contributed by atoms with Gasteiger partial charge in [0.25, 0.3) is 5.91 Å². The van der Waals surface area contributed by atoms with Crippen LogP contribution in [0, 0.1) is 11.3 Å². The number of aliphatic hydroxyl groups excluding tert-OH is 1. The van der Waals surface area contributed by atoms with Crippen molar-refractivity contribution in [3.8, 4) is 6.07 Å². The molecular formula is C21H26N4O3. The van der Waals surface area contributed by atoms with Crippen molar-refractivity contribution >= 4 is 22.5 Å². The van der Waals surface area contributed by atoms with Crippen LogP contribution in [0.15, 0.2) is 30.5 Å². The van der Waals surface area contributed by atoms with E-state index in [4.69, 9.17) is 4.74 Å². The summed E-state index contributed by atoms with van der Waals surface area (Å²) in [7, 11) is 0. The molecule has 1 fully saturated rings. The summed E-state index contributed by atoms with van der Waals surface area (Å²) in [5.74, 6) is -0.208. The van der Waals surface area contributed by atoms with Crippen LogP contribution in [0.5, 0.6) is 0 Å². The molecule has 7 heteroatoms. The fraction of sp³-hybridized carbons (Fsp3) is 0.476. The Balaban J connectivity index is 1.85. The third-order valence-corrected chi connectivity index (χ3v) is 4.96. The predicted octanol–water partition coefficient (Wildman–Crippen LogP) is 1.98. The molecule has 1 aromatic heterocycles. The summed E-state index contributed by atoms with van der Waals surface area (Å²) in [5.41, 5.74) is 2.12. The zero-order chi connectivity index (χ0) is 20.1. The third-order valence-electron chi connectivity index (χ3n) is 4.96. The molecule has 1 aromatic carbocycles. The molecule has 2 aromatic rings. The SMILES string of the molecule is CCC[C@H](CO)NC(=O)[C@H]1CN(c2ccc(C#N)c3ncccc23)C[C@@H](C)O1. The Kier molecular flexibility index (Phi) is 6.45. The maximum Gasteiger partial charge on any atom is 0.251 e. The highest BCUT2D eigenvalue weighted by atomic mass is 16.5. The maximum absolute atomic E-state index is 12.7. The molecular weight excluding hydrogens is 356 g/mol. The molecule has 1 aliphatic heterocycles. The highest BCUT2D eigenvalue weighted by molar-refractivity contribution is 5.95. The number of anilines is 1. The first-order chi connectivity index (χ1) is 13.6. The van der Waals surface area contributed by atoms with Crippen molar-refractivity contribution in [3.05, 3.63) is 36.0 Å². The van der Waals surface area contributed by atoms with Crippen molar-refractivity contribution in [3.63, 3.8) is 0 Å². The molecule has 0 aliphatic carbocycles. The Hall–Kier alpha value is -2.69. The normalized spacial score (nSPS) is 20.6. The molecule has 3 rings (SSSR count). The summed E-state index contributed by atoms with van der Waals surface area (Å²) in [4.78, 5) is 19.2. The lowest BCUT2D eigenvalue weighted by molar-refractivity contribution is -0.138. The average molecular weight is 382 g/mol. The summed E-state index contributed by atoms with van der Waals surface area (Å²) >= 11 is 0. The molecule has 0 radical (unpaired) electrons. The number of hydrogen-bond acceptors (Lipinski definition) is 6. The second kappa shape index (κ2) is 9.00. The van der Waals surface area contributed by atoms with Crippen molar-refractivity contribution in [2.75, 3.05) is 24.6 Å². The Morgan fingerprint density at radius 3 is 3.00 bits per heavy atom. The van der Waals surface area contributed by atoms with E-state index in [9.17, 15) is 15.2 Å². The van der Waals surface area contributed by atoms with Gasteiger partial charge in [0.15, 0.2) is 6.10 Å². The molecule has 1 aliphatic rings. The molecule has 1 saturated heterocycles. The van der Waals surface area contributed by atoms with Gasteiger partial charge in [0.05, 0.1) is 36.4 Å². The van der Waals surface area contributed by atoms with Crippen LogP contribution in [-0.4, -0.2) is 53.9 Å². The summed E-state index contributed by atoms with van der Waals surface area (Å²) < 4.78 is 5.88. The predicted molar refractivity (Wildman–Crippen MR) is 107 cm³/mol. The quantitative estimate of drug-likeness (QED) is 0.793. The molecule has 2 N–H and O–H groups in total. The summed E-state index contributed by atoms with van der Waals surface area (Å²) in [6.07, 6.45) is 2.51. The molecule has 0 unspecified atom stereocenters. The Morgan fingerprint density at radius 1 is 1.46 bits per heavy atom. The van der Waals surface area contributed by atoms with Crippen molar-refractivity contribution in [2.45, 2.75) is 44.9 Å². The monoisotopic (exact) mass is 382 g/mol. The standard InChI is InChI=1S/C21H26N4O3/c1-3-5-16(13-26)24-21(27)19-12-25(11-14(2)28-19)18-8-7-15(10-22)20-17(18)6-4-9-23-20/h4,6-9,14,16,19,26H,3,5,11-13H2,1-2H3,(H,24,27)/t14-,16-,19-/m1/s1. The molecule has 2 heterocycles. The van der Waals surface area contributed by atoms with Gasteiger partial charge in [0.2, 0.25) is 0 Å². The number of fused-ring (bicyclic) bond motifs is 1. The summed E-state index contributed by atoms with van der Waals surface area (Å²) in [6, 6.07) is 9.38. The number of hydrogen-bond donors (Lipinski definition) is 2. The fourth-order valence-electron chi connectivity index (χ4n) is 3.67. The van der Waals surface area contributed by atoms with Gasteiger partial charge in [-0.15, -0.1) is 0 Å². The van der Waals surface area contributed by atoms with Gasteiger partial charge >= 0.3 is 0 Å². The lowest BCUT2D eigenvalue weighted by Crippen LogP contribution is -2.54. The van der Waals surface area contributed by atoms with Crippen LogP contribution < -0.4 is 10.2 Å². The lowest BCUT2D eigenvalue weighted by atomic mass is 10.1. The number of benzene rings is 1. The molecule has 3 atom stereocenters. The highest BCUT2D eigenvalue weighted by Crippen LogP contribution is 2.30. The number of aliphatic hydroxyl groups is 1. The minimum atomic E-state index is -0.628. The zero-order valence-electron chi connectivity index (χ0n) is 16.3. The van der Waals surface area contributed by atoms with Crippen molar-refractivity contribution in [1.29, 1.82) is 5.26 Å². The van der Waals surface area contributed by atoms with Crippen LogP contribution in [0.25, 0.3) is 10.9 Å². The molecule has 0 saturated carbocycles.